The van der Waals surface area contributed by atoms with E-state index in [4.69, 9.17) is 0 Å². The van der Waals surface area contributed by atoms with Gasteiger partial charge in [0.05, 0.1) is 12.6 Å². The summed E-state index contributed by atoms with van der Waals surface area (Å²) in [6.07, 6.45) is 4.66. The quantitative estimate of drug-likeness (QED) is 0.238. The fourth-order valence-corrected chi connectivity index (χ4v) is 3.55. The second-order valence-corrected chi connectivity index (χ2v) is 7.61. The maximum atomic E-state index is 12.3. The van der Waals surface area contributed by atoms with Gasteiger partial charge in [-0.2, -0.15) is 8.78 Å². The Labute approximate surface area is 210 Å². The van der Waals surface area contributed by atoms with Gasteiger partial charge in [0, 0.05) is 32.4 Å². The summed E-state index contributed by atoms with van der Waals surface area (Å²) < 4.78 is 28.9. The Morgan fingerprint density at radius 3 is 2.55 bits per heavy atom. The molecule has 33 heavy (non-hydrogen) atoms. The molecule has 0 saturated carbocycles. The monoisotopic (exact) mass is 575 g/mol. The van der Waals surface area contributed by atoms with E-state index in [0.29, 0.717) is 24.6 Å². The summed E-state index contributed by atoms with van der Waals surface area (Å²) in [5, 5.41) is 16.7. The molecule has 2 heterocycles. The fourth-order valence-electron chi connectivity index (χ4n) is 3.55. The number of rotatable bonds is 9. The van der Waals surface area contributed by atoms with Crippen molar-refractivity contribution in [3.05, 3.63) is 53.7 Å². The molecule has 182 valence electrons. The van der Waals surface area contributed by atoms with Crippen LogP contribution in [0, 0.1) is 0 Å². The number of aliphatic hydroxyl groups excluding tert-OH is 1. The average molecular weight is 575 g/mol. The second kappa shape index (κ2) is 14.1. The Bertz CT molecular complexity index is 864. The zero-order chi connectivity index (χ0) is 22.8. The normalized spacial score (nSPS) is 15.1. The third-order valence-electron chi connectivity index (χ3n) is 5.21. The van der Waals surface area contributed by atoms with E-state index >= 15 is 0 Å². The first-order valence-corrected chi connectivity index (χ1v) is 11.0. The zero-order valence-electron chi connectivity index (χ0n) is 18.7. The van der Waals surface area contributed by atoms with Crippen molar-refractivity contribution in [3.63, 3.8) is 0 Å². The van der Waals surface area contributed by atoms with Crippen molar-refractivity contribution in [1.29, 1.82) is 0 Å². The highest BCUT2D eigenvalue weighted by Crippen LogP contribution is 2.20. The summed E-state index contributed by atoms with van der Waals surface area (Å²) in [7, 11) is 0. The first-order valence-electron chi connectivity index (χ1n) is 11.0. The van der Waals surface area contributed by atoms with E-state index in [1.807, 2.05) is 19.2 Å². The molecule has 1 aliphatic heterocycles. The van der Waals surface area contributed by atoms with Crippen LogP contribution >= 0.6 is 24.0 Å². The van der Waals surface area contributed by atoms with Gasteiger partial charge in [-0.25, -0.2) is 9.98 Å². The van der Waals surface area contributed by atoms with Gasteiger partial charge in [-0.3, -0.25) is 0 Å². The van der Waals surface area contributed by atoms with Crippen LogP contribution < -0.4 is 20.3 Å². The minimum atomic E-state index is -2.87. The van der Waals surface area contributed by atoms with E-state index in [-0.39, 0.29) is 36.3 Å². The highest BCUT2D eigenvalue weighted by atomic mass is 127. The fraction of sp³-hybridized carbons (Fsp3) is 0.478. The summed E-state index contributed by atoms with van der Waals surface area (Å²) in [6.45, 7) is 2.55. The molecular formula is C23H32F2IN5O2. The Morgan fingerprint density at radius 2 is 1.88 bits per heavy atom. The van der Waals surface area contributed by atoms with Crippen LogP contribution in [0.2, 0.25) is 0 Å². The van der Waals surface area contributed by atoms with Crippen LogP contribution in [-0.4, -0.2) is 48.8 Å². The zero-order valence-corrected chi connectivity index (χ0v) is 21.0. The van der Waals surface area contributed by atoms with Gasteiger partial charge in [0.2, 0.25) is 0 Å². The molecule has 10 heteroatoms. The molecule has 2 aromatic rings. The molecule has 3 rings (SSSR count). The van der Waals surface area contributed by atoms with Crippen LogP contribution in [-0.2, 0) is 6.54 Å². The number of pyridine rings is 1. The minimum Gasteiger partial charge on any atom is -0.435 e. The van der Waals surface area contributed by atoms with Crippen LogP contribution in [0.25, 0.3) is 0 Å². The molecule has 0 aliphatic carbocycles. The third-order valence-corrected chi connectivity index (χ3v) is 5.21. The van der Waals surface area contributed by atoms with Gasteiger partial charge in [0.25, 0.3) is 0 Å². The van der Waals surface area contributed by atoms with Crippen LogP contribution in [0.3, 0.4) is 0 Å². The lowest BCUT2D eigenvalue weighted by atomic mass is 10.1. The highest BCUT2D eigenvalue weighted by molar-refractivity contribution is 14.0. The number of ether oxygens (including phenoxy) is 1. The van der Waals surface area contributed by atoms with Crippen LogP contribution in [0.1, 0.15) is 43.4 Å². The van der Waals surface area contributed by atoms with Gasteiger partial charge in [-0.05, 0) is 61.6 Å². The predicted octanol–water partition coefficient (Wildman–Crippen LogP) is 4.08. The van der Waals surface area contributed by atoms with Crippen LogP contribution in [0.15, 0.2) is 47.6 Å². The SMILES string of the molecule is CCNC(=NCc1ccnc(N2CCCCC2)c1)NCC(O)c1ccc(OC(F)F)cc1.I. The number of aliphatic hydroxyl groups is 1. The first-order chi connectivity index (χ1) is 15.5. The second-order valence-electron chi connectivity index (χ2n) is 7.61. The molecule has 3 N–H and O–H groups in total. The van der Waals surface area contributed by atoms with Gasteiger partial charge >= 0.3 is 6.61 Å². The summed E-state index contributed by atoms with van der Waals surface area (Å²) in [6, 6.07) is 9.98. The Hall–Kier alpha value is -2.21. The number of piperidine rings is 1. The first kappa shape index (κ1) is 27.0. The molecule has 0 radical (unpaired) electrons. The lowest BCUT2D eigenvalue weighted by Gasteiger charge is -2.27. The van der Waals surface area contributed by atoms with Gasteiger partial charge in [-0.1, -0.05) is 12.1 Å². The van der Waals surface area contributed by atoms with Crippen molar-refractivity contribution >= 4 is 35.8 Å². The molecular weight excluding hydrogens is 543 g/mol. The number of hydrogen-bond donors (Lipinski definition) is 3. The highest BCUT2D eigenvalue weighted by Gasteiger charge is 2.13. The number of halogens is 3. The van der Waals surface area contributed by atoms with Crippen molar-refractivity contribution < 1.29 is 18.6 Å². The molecule has 1 fully saturated rings. The van der Waals surface area contributed by atoms with Gasteiger partial charge in [0.15, 0.2) is 5.96 Å². The number of alkyl halides is 2. The van der Waals surface area contributed by atoms with Crippen LogP contribution in [0.4, 0.5) is 14.6 Å². The Balaban J connectivity index is 0.00000385. The van der Waals surface area contributed by atoms with Crippen LogP contribution in [0.5, 0.6) is 5.75 Å². The number of nitrogens with zero attached hydrogens (tertiary/aromatic N) is 3. The number of aromatic nitrogens is 1. The molecule has 1 aliphatic rings. The summed E-state index contributed by atoms with van der Waals surface area (Å²) in [4.78, 5) is 11.4. The number of guanidine groups is 1. The molecule has 1 saturated heterocycles. The van der Waals surface area contributed by atoms with Gasteiger partial charge in [0.1, 0.15) is 11.6 Å². The summed E-state index contributed by atoms with van der Waals surface area (Å²) >= 11 is 0. The molecule has 1 unspecified atom stereocenters. The van der Waals surface area contributed by atoms with Crippen molar-refractivity contribution in [1.82, 2.24) is 15.6 Å². The molecule has 7 nitrogen and oxygen atoms in total. The maximum Gasteiger partial charge on any atom is 0.387 e. The summed E-state index contributed by atoms with van der Waals surface area (Å²) in [5.41, 5.74) is 1.66. The Morgan fingerprint density at radius 1 is 1.15 bits per heavy atom. The van der Waals surface area contributed by atoms with E-state index in [0.717, 1.165) is 24.5 Å². The van der Waals surface area contributed by atoms with E-state index in [1.165, 1.54) is 31.4 Å². The molecule has 1 atom stereocenters. The van der Waals surface area contributed by atoms with E-state index in [1.54, 1.807) is 12.1 Å². The standard InChI is InChI=1S/C23H31F2N5O2.HI/c1-2-26-23(29-16-20(31)18-6-8-19(9-7-18)32-22(24)25)28-15-17-10-11-27-21(14-17)30-12-4-3-5-13-30;/h6-11,14,20,22,31H,2-5,12-13,15-16H2,1H3,(H2,26,28,29);1H. The number of anilines is 1. The molecule has 0 amide bonds. The molecule has 1 aromatic carbocycles. The van der Waals surface area contributed by atoms with Gasteiger partial charge in [-0.15, -0.1) is 24.0 Å². The van der Waals surface area contributed by atoms with Crippen molar-refractivity contribution in [2.45, 2.75) is 45.4 Å². The summed E-state index contributed by atoms with van der Waals surface area (Å²) in [5.74, 6) is 1.63. The predicted molar refractivity (Wildman–Crippen MR) is 137 cm³/mol. The third kappa shape index (κ3) is 8.92. The average Bonchev–Trinajstić information content (AvgIpc) is 2.81. The molecule has 0 bridgehead atoms. The smallest absolute Gasteiger partial charge is 0.387 e. The Kier molecular flexibility index (Phi) is 11.6. The van der Waals surface area contributed by atoms with Crippen molar-refractivity contribution in [2.75, 3.05) is 31.1 Å². The minimum absolute atomic E-state index is 0. The number of nitrogens with one attached hydrogen (secondary N) is 2. The molecule has 1 aromatic heterocycles. The van der Waals surface area contributed by atoms with Gasteiger partial charge < -0.3 is 25.4 Å². The lowest BCUT2D eigenvalue weighted by molar-refractivity contribution is -0.0498. The van der Waals surface area contributed by atoms with E-state index in [9.17, 15) is 13.9 Å². The number of hydrogen-bond acceptors (Lipinski definition) is 5. The van der Waals surface area contributed by atoms with Crippen molar-refractivity contribution in [3.8, 4) is 5.75 Å². The number of aliphatic imine (C=N–C) groups is 1. The largest absolute Gasteiger partial charge is 0.435 e. The lowest BCUT2D eigenvalue weighted by Crippen LogP contribution is -2.39. The number of benzene rings is 1. The maximum absolute atomic E-state index is 12.3. The molecule has 0 spiro atoms. The van der Waals surface area contributed by atoms with E-state index in [2.05, 4.69) is 36.3 Å². The van der Waals surface area contributed by atoms with Crippen molar-refractivity contribution in [2.24, 2.45) is 4.99 Å². The van der Waals surface area contributed by atoms with E-state index < -0.39 is 12.7 Å². The topological polar surface area (TPSA) is 82.0 Å².